The molecule has 1 aromatic carbocycles. The number of amidine groups is 1. The number of fused-ring (bicyclic) bond motifs is 2. The van der Waals surface area contributed by atoms with E-state index in [0.717, 1.165) is 19.2 Å². The maximum absolute atomic E-state index is 15.4. The second-order valence-corrected chi connectivity index (χ2v) is 6.60. The van der Waals surface area contributed by atoms with E-state index in [-0.39, 0.29) is 11.5 Å². The average Bonchev–Trinajstić information content (AvgIpc) is 2.86. The summed E-state index contributed by atoms with van der Waals surface area (Å²) in [5.41, 5.74) is -4.07. The number of esters is 1. The number of halogens is 4. The summed E-state index contributed by atoms with van der Waals surface area (Å²) in [5.74, 6) is -10.3. The van der Waals surface area contributed by atoms with Crippen LogP contribution in [0.5, 0.6) is 0 Å². The second kappa shape index (κ2) is 6.36. The highest BCUT2D eigenvalue weighted by atomic mass is 19.3. The Morgan fingerprint density at radius 2 is 2.00 bits per heavy atom. The third kappa shape index (κ3) is 2.48. The number of hydrogen-bond donors (Lipinski definition) is 1. The van der Waals surface area contributed by atoms with E-state index in [0.29, 0.717) is 6.07 Å². The van der Waals surface area contributed by atoms with Gasteiger partial charge in [0.1, 0.15) is 11.5 Å². The third-order valence-electron chi connectivity index (χ3n) is 5.08. The van der Waals surface area contributed by atoms with E-state index < -0.39 is 52.4 Å². The molecule has 2 heterocycles. The van der Waals surface area contributed by atoms with Crippen molar-refractivity contribution in [1.82, 2.24) is 10.3 Å². The number of nitrogens with zero attached hydrogens (tertiary/aromatic N) is 2. The van der Waals surface area contributed by atoms with Crippen molar-refractivity contribution in [2.24, 2.45) is 10.9 Å². The van der Waals surface area contributed by atoms with Crippen LogP contribution in [0.3, 0.4) is 0 Å². The molecule has 150 valence electrons. The van der Waals surface area contributed by atoms with Crippen molar-refractivity contribution in [1.29, 1.82) is 0 Å². The maximum Gasteiger partial charge on any atom is 0.321 e. The van der Waals surface area contributed by atoms with Crippen molar-refractivity contribution >= 4 is 17.7 Å². The smallest absolute Gasteiger partial charge is 0.321 e. The predicted molar refractivity (Wildman–Crippen MR) is 91.3 cm³/mol. The number of carbonyl (C=O) groups excluding carboxylic acids is 2. The molecule has 1 N–H and O–H groups in total. The monoisotopic (exact) mass is 407 g/mol. The molecule has 10 heteroatoms. The topological polar surface area (TPSA) is 80.7 Å². The van der Waals surface area contributed by atoms with Gasteiger partial charge in [0, 0.05) is 11.8 Å². The van der Waals surface area contributed by atoms with Gasteiger partial charge in [-0.1, -0.05) is 12.1 Å². The standard InChI is InChI=1S/C19H13F4N3O3/c1-29-17(28)13-16(27)25-15(12-4-2-3-7-24-12)26-18(13)11-6-5-9(20)8-10(11)14(21)19(18,22)23/h2-8,13-14H,1H3,(H,25,26,27). The quantitative estimate of drug-likeness (QED) is 0.471. The van der Waals surface area contributed by atoms with Gasteiger partial charge in [0.15, 0.2) is 23.5 Å². The highest BCUT2D eigenvalue weighted by Gasteiger charge is 2.74. The summed E-state index contributed by atoms with van der Waals surface area (Å²) >= 11 is 0. The molecule has 29 heavy (non-hydrogen) atoms. The number of ether oxygens (including phenoxy) is 1. The summed E-state index contributed by atoms with van der Waals surface area (Å²) in [4.78, 5) is 33.0. The number of benzene rings is 1. The van der Waals surface area contributed by atoms with Crippen LogP contribution in [0.4, 0.5) is 17.6 Å². The Morgan fingerprint density at radius 3 is 2.66 bits per heavy atom. The summed E-state index contributed by atoms with van der Waals surface area (Å²) in [6.45, 7) is 0. The molecule has 3 unspecified atom stereocenters. The molecule has 0 saturated carbocycles. The third-order valence-corrected chi connectivity index (χ3v) is 5.08. The number of rotatable bonds is 2. The lowest BCUT2D eigenvalue weighted by Gasteiger charge is -2.40. The molecule has 1 spiro atoms. The van der Waals surface area contributed by atoms with Crippen LogP contribution < -0.4 is 5.32 Å². The number of aromatic nitrogens is 1. The lowest BCUT2D eigenvalue weighted by atomic mass is 9.75. The summed E-state index contributed by atoms with van der Waals surface area (Å²) in [6, 6.07) is 6.85. The largest absolute Gasteiger partial charge is 0.468 e. The Balaban J connectivity index is 2.07. The summed E-state index contributed by atoms with van der Waals surface area (Å²) in [5, 5.41) is 2.26. The average molecular weight is 407 g/mol. The molecule has 0 radical (unpaired) electrons. The van der Waals surface area contributed by atoms with Crippen molar-refractivity contribution in [3.05, 3.63) is 65.2 Å². The van der Waals surface area contributed by atoms with Crippen LogP contribution in [0.25, 0.3) is 0 Å². The van der Waals surface area contributed by atoms with Crippen LogP contribution in [0.2, 0.25) is 0 Å². The molecule has 0 fully saturated rings. The van der Waals surface area contributed by atoms with Gasteiger partial charge >= 0.3 is 11.9 Å². The van der Waals surface area contributed by atoms with E-state index in [1.165, 1.54) is 18.3 Å². The van der Waals surface area contributed by atoms with Gasteiger partial charge in [0.05, 0.1) is 7.11 Å². The molecule has 6 nitrogen and oxygen atoms in total. The zero-order valence-corrected chi connectivity index (χ0v) is 14.8. The van der Waals surface area contributed by atoms with Crippen molar-refractivity contribution in [2.75, 3.05) is 7.11 Å². The molecule has 1 amide bonds. The minimum atomic E-state index is -4.35. The van der Waals surface area contributed by atoms with E-state index >= 15 is 8.78 Å². The first-order valence-corrected chi connectivity index (χ1v) is 8.45. The number of hydrogen-bond acceptors (Lipinski definition) is 5. The maximum atomic E-state index is 15.4. The molecule has 1 aliphatic heterocycles. The molecular formula is C19H13F4N3O3. The number of alkyl halides is 3. The first-order valence-electron chi connectivity index (χ1n) is 8.45. The van der Waals surface area contributed by atoms with E-state index in [1.807, 2.05) is 0 Å². The molecule has 4 rings (SSSR count). The normalized spacial score (nSPS) is 27.2. The Bertz CT molecular complexity index is 1040. The van der Waals surface area contributed by atoms with Crippen LogP contribution >= 0.6 is 0 Å². The number of nitrogens with one attached hydrogen (secondary N) is 1. The fraction of sp³-hybridized carbons (Fsp3) is 0.263. The highest BCUT2D eigenvalue weighted by molar-refractivity contribution is 6.14. The SMILES string of the molecule is COC(=O)C1C(=O)NC(c2ccccn2)=NC12c1ccc(F)cc1C(F)C2(F)F. The van der Waals surface area contributed by atoms with Crippen LogP contribution in [-0.2, 0) is 19.9 Å². The molecule has 2 aliphatic rings. The van der Waals surface area contributed by atoms with Crippen LogP contribution in [0.15, 0.2) is 47.6 Å². The molecule has 2 aromatic rings. The van der Waals surface area contributed by atoms with Gasteiger partial charge in [-0.2, -0.15) is 8.78 Å². The van der Waals surface area contributed by atoms with Crippen molar-refractivity contribution in [3.8, 4) is 0 Å². The molecule has 3 atom stereocenters. The zero-order chi connectivity index (χ0) is 21.0. The molecule has 0 saturated heterocycles. The Labute approximate surface area is 161 Å². The van der Waals surface area contributed by atoms with Gasteiger partial charge in [-0.05, 0) is 29.8 Å². The molecule has 1 aromatic heterocycles. The van der Waals surface area contributed by atoms with E-state index in [9.17, 15) is 18.4 Å². The zero-order valence-electron chi connectivity index (χ0n) is 14.8. The van der Waals surface area contributed by atoms with Gasteiger partial charge < -0.3 is 10.1 Å². The van der Waals surface area contributed by atoms with Gasteiger partial charge in [0.25, 0.3) is 0 Å². The fourth-order valence-corrected chi connectivity index (χ4v) is 3.81. The van der Waals surface area contributed by atoms with E-state index in [2.05, 4.69) is 20.0 Å². The number of carbonyl (C=O) groups is 2. The number of pyridine rings is 1. The van der Waals surface area contributed by atoms with Crippen molar-refractivity contribution in [3.63, 3.8) is 0 Å². The highest BCUT2D eigenvalue weighted by Crippen LogP contribution is 2.62. The van der Waals surface area contributed by atoms with E-state index in [4.69, 9.17) is 0 Å². The van der Waals surface area contributed by atoms with Gasteiger partial charge in [-0.25, -0.2) is 13.8 Å². The number of aliphatic imine (C=N–C) groups is 1. The van der Waals surface area contributed by atoms with Crippen LogP contribution in [-0.4, -0.2) is 35.7 Å². The van der Waals surface area contributed by atoms with E-state index in [1.54, 1.807) is 6.07 Å². The van der Waals surface area contributed by atoms with Crippen molar-refractivity contribution in [2.45, 2.75) is 17.6 Å². The lowest BCUT2D eigenvalue weighted by molar-refractivity contribution is -0.174. The van der Waals surface area contributed by atoms with Gasteiger partial charge in [-0.3, -0.25) is 14.6 Å². The predicted octanol–water partition coefficient (Wildman–Crippen LogP) is 2.44. The molecular weight excluding hydrogens is 394 g/mol. The Morgan fingerprint density at radius 1 is 1.24 bits per heavy atom. The second-order valence-electron chi connectivity index (χ2n) is 6.60. The summed E-state index contributed by atoms with van der Waals surface area (Å²) < 4.78 is 63.8. The summed E-state index contributed by atoms with van der Waals surface area (Å²) in [6.07, 6.45) is -1.64. The van der Waals surface area contributed by atoms with Crippen LogP contribution in [0.1, 0.15) is 23.0 Å². The Hall–Kier alpha value is -3.30. The molecule has 0 bridgehead atoms. The van der Waals surface area contributed by atoms with Crippen LogP contribution in [0, 0.1) is 11.7 Å². The van der Waals surface area contributed by atoms with Gasteiger partial charge in [0.2, 0.25) is 5.91 Å². The first kappa shape index (κ1) is 19.0. The minimum absolute atomic E-state index is 0.0327. The lowest BCUT2D eigenvalue weighted by Crippen LogP contribution is -2.61. The fourth-order valence-electron chi connectivity index (χ4n) is 3.81. The van der Waals surface area contributed by atoms with Crippen molar-refractivity contribution < 1.29 is 31.9 Å². The Kier molecular flexibility index (Phi) is 4.18. The number of amides is 1. The first-order chi connectivity index (χ1) is 13.7. The minimum Gasteiger partial charge on any atom is -0.468 e. The molecule has 1 aliphatic carbocycles. The summed E-state index contributed by atoms with van der Waals surface area (Å²) in [7, 11) is 0.910. The van der Waals surface area contributed by atoms with Gasteiger partial charge in [-0.15, -0.1) is 0 Å². The number of methoxy groups -OCH3 is 1.